The average molecular weight is 389 g/mol. The van der Waals surface area contributed by atoms with Crippen molar-refractivity contribution in [1.29, 1.82) is 0 Å². The fourth-order valence-electron chi connectivity index (χ4n) is 1.66. The first-order valence-electron chi connectivity index (χ1n) is 6.07. The van der Waals surface area contributed by atoms with Crippen LogP contribution in [0.4, 0.5) is 0 Å². The Morgan fingerprint density at radius 3 is 2.55 bits per heavy atom. The lowest BCUT2D eigenvalue weighted by Crippen LogP contribution is -2.45. The predicted octanol–water partition coefficient (Wildman–Crippen LogP) is 2.83. The van der Waals surface area contributed by atoms with E-state index in [1.165, 1.54) is 6.08 Å². The van der Waals surface area contributed by atoms with Crippen molar-refractivity contribution in [2.24, 2.45) is 10.9 Å². The molecule has 1 aromatic carbocycles. The number of aliphatic imine (C=N–C) groups is 1. The maximum atomic E-state index is 12.1. The van der Waals surface area contributed by atoms with Gasteiger partial charge in [0.1, 0.15) is 4.61 Å². The first-order chi connectivity index (χ1) is 9.56. The summed E-state index contributed by atoms with van der Waals surface area (Å²) in [6.45, 7) is 3.63. The minimum absolute atomic E-state index is 0.153. The summed E-state index contributed by atoms with van der Waals surface area (Å²) in [4.78, 5) is 26.3. The SMILES string of the molecule is CC(C)[C@](N=C=O)(OCc1ccccc1)C(=O)OCI. The Balaban J connectivity index is 2.97. The monoisotopic (exact) mass is 389 g/mol. The van der Waals surface area contributed by atoms with Crippen LogP contribution >= 0.6 is 22.6 Å². The van der Waals surface area contributed by atoms with E-state index in [0.29, 0.717) is 0 Å². The molecule has 0 heterocycles. The Hall–Kier alpha value is -1.24. The Morgan fingerprint density at radius 1 is 1.40 bits per heavy atom. The van der Waals surface area contributed by atoms with Gasteiger partial charge in [0, 0.05) is 5.92 Å². The van der Waals surface area contributed by atoms with Crippen molar-refractivity contribution in [3.8, 4) is 0 Å². The topological polar surface area (TPSA) is 65.0 Å². The maximum absolute atomic E-state index is 12.1. The Labute approximate surface area is 131 Å². The standard InChI is InChI=1S/C14H16INO4/c1-11(2)14(16-10-17,13(18)19-9-15)20-8-12-6-4-3-5-7-12/h3-7,11H,8-9H2,1-2H3/t14-/m0/s1. The van der Waals surface area contributed by atoms with E-state index in [1.807, 2.05) is 52.9 Å². The number of benzene rings is 1. The van der Waals surface area contributed by atoms with Gasteiger partial charge in [0.15, 0.2) is 0 Å². The van der Waals surface area contributed by atoms with Crippen molar-refractivity contribution in [2.75, 3.05) is 4.61 Å². The molecule has 0 aliphatic heterocycles. The molecule has 1 rings (SSSR count). The van der Waals surface area contributed by atoms with Crippen LogP contribution in [0.25, 0.3) is 0 Å². The zero-order valence-electron chi connectivity index (χ0n) is 11.3. The fraction of sp³-hybridized carbons (Fsp3) is 0.429. The number of carbonyl (C=O) groups excluding carboxylic acids is 2. The maximum Gasteiger partial charge on any atom is 0.363 e. The highest BCUT2D eigenvalue weighted by atomic mass is 127. The third-order valence-corrected chi connectivity index (χ3v) is 3.09. The number of rotatable bonds is 7. The molecule has 0 N–H and O–H groups in total. The molecule has 0 unspecified atom stereocenters. The number of carbonyl (C=O) groups is 1. The van der Waals surface area contributed by atoms with E-state index in [0.717, 1.165) is 5.56 Å². The van der Waals surface area contributed by atoms with Crippen LogP contribution in [0.2, 0.25) is 0 Å². The second kappa shape index (κ2) is 8.14. The van der Waals surface area contributed by atoms with E-state index < -0.39 is 11.7 Å². The fourth-order valence-corrected chi connectivity index (χ4v) is 1.94. The van der Waals surface area contributed by atoms with Gasteiger partial charge in [-0.15, -0.1) is 0 Å². The lowest BCUT2D eigenvalue weighted by atomic mass is 10.00. The number of alkyl halides is 1. The zero-order valence-corrected chi connectivity index (χ0v) is 13.5. The molecule has 0 spiro atoms. The quantitative estimate of drug-likeness (QED) is 0.237. The summed E-state index contributed by atoms with van der Waals surface area (Å²) in [5.74, 6) is -1.04. The summed E-state index contributed by atoms with van der Waals surface area (Å²) in [5, 5.41) is 0. The van der Waals surface area contributed by atoms with Gasteiger partial charge in [-0.25, -0.2) is 9.59 Å². The summed E-state index contributed by atoms with van der Waals surface area (Å²) in [5.41, 5.74) is -0.774. The molecule has 0 saturated carbocycles. The van der Waals surface area contributed by atoms with Crippen LogP contribution in [0.3, 0.4) is 0 Å². The van der Waals surface area contributed by atoms with Crippen LogP contribution in [0.5, 0.6) is 0 Å². The molecule has 5 nitrogen and oxygen atoms in total. The molecule has 1 aromatic rings. The van der Waals surface area contributed by atoms with E-state index in [9.17, 15) is 9.59 Å². The number of hydrogen-bond donors (Lipinski definition) is 0. The van der Waals surface area contributed by atoms with Crippen molar-refractivity contribution >= 4 is 34.6 Å². The third kappa shape index (κ3) is 4.13. The molecule has 6 heteroatoms. The summed E-state index contributed by atoms with van der Waals surface area (Å²) in [6.07, 6.45) is 1.41. The highest BCUT2D eigenvalue weighted by Crippen LogP contribution is 2.27. The smallest absolute Gasteiger partial charge is 0.363 e. The molecule has 20 heavy (non-hydrogen) atoms. The van der Waals surface area contributed by atoms with E-state index in [4.69, 9.17) is 9.47 Å². The minimum Gasteiger partial charge on any atom is -0.451 e. The molecule has 0 amide bonds. The van der Waals surface area contributed by atoms with Crippen LogP contribution in [-0.4, -0.2) is 22.4 Å². The van der Waals surface area contributed by atoms with E-state index in [2.05, 4.69) is 4.99 Å². The van der Waals surface area contributed by atoms with Crippen LogP contribution in [-0.2, 0) is 25.7 Å². The zero-order chi connectivity index (χ0) is 15.0. The second-order valence-electron chi connectivity index (χ2n) is 4.37. The Kier molecular flexibility index (Phi) is 6.84. The first-order valence-corrected chi connectivity index (χ1v) is 7.59. The highest BCUT2D eigenvalue weighted by molar-refractivity contribution is 14.1. The number of ether oxygens (including phenoxy) is 2. The number of nitrogens with zero attached hydrogens (tertiary/aromatic N) is 1. The molecule has 0 aliphatic carbocycles. The molecule has 0 aliphatic rings. The second-order valence-corrected chi connectivity index (χ2v) is 4.99. The van der Waals surface area contributed by atoms with Gasteiger partial charge < -0.3 is 9.47 Å². The molecule has 0 radical (unpaired) electrons. The summed E-state index contributed by atoms with van der Waals surface area (Å²) < 4.78 is 10.7. The number of isocyanates is 1. The summed E-state index contributed by atoms with van der Waals surface area (Å²) in [7, 11) is 0. The number of halogens is 1. The molecular weight excluding hydrogens is 373 g/mol. The van der Waals surface area contributed by atoms with Gasteiger partial charge >= 0.3 is 5.97 Å². The first kappa shape index (κ1) is 16.8. The van der Waals surface area contributed by atoms with E-state index in [1.54, 1.807) is 13.8 Å². The van der Waals surface area contributed by atoms with Gasteiger partial charge in [-0.2, -0.15) is 4.99 Å². The average Bonchev–Trinajstić information content (AvgIpc) is 2.44. The molecule has 0 bridgehead atoms. The van der Waals surface area contributed by atoms with Crippen molar-refractivity contribution < 1.29 is 19.1 Å². The Morgan fingerprint density at radius 2 is 2.05 bits per heavy atom. The number of hydrogen-bond acceptors (Lipinski definition) is 5. The molecule has 0 fully saturated rings. The van der Waals surface area contributed by atoms with Crippen molar-refractivity contribution in [3.05, 3.63) is 35.9 Å². The van der Waals surface area contributed by atoms with E-state index in [-0.39, 0.29) is 17.1 Å². The third-order valence-electron chi connectivity index (χ3n) is 2.77. The lowest BCUT2D eigenvalue weighted by molar-refractivity contribution is -0.177. The summed E-state index contributed by atoms with van der Waals surface area (Å²) >= 11 is 1.90. The van der Waals surface area contributed by atoms with Gasteiger partial charge in [-0.05, 0) is 28.2 Å². The van der Waals surface area contributed by atoms with Crippen molar-refractivity contribution in [1.82, 2.24) is 0 Å². The summed E-state index contributed by atoms with van der Waals surface area (Å²) in [6, 6.07) is 9.33. The van der Waals surface area contributed by atoms with Crippen LogP contribution < -0.4 is 0 Å². The van der Waals surface area contributed by atoms with Gasteiger partial charge in [0.25, 0.3) is 5.72 Å². The van der Waals surface area contributed by atoms with Gasteiger partial charge in [0.2, 0.25) is 6.08 Å². The Bertz CT molecular complexity index is 485. The van der Waals surface area contributed by atoms with Gasteiger partial charge in [-0.1, -0.05) is 44.2 Å². The van der Waals surface area contributed by atoms with Crippen molar-refractivity contribution in [3.63, 3.8) is 0 Å². The molecule has 108 valence electrons. The normalized spacial score (nSPS) is 13.4. The highest BCUT2D eigenvalue weighted by Gasteiger charge is 2.45. The predicted molar refractivity (Wildman–Crippen MR) is 81.9 cm³/mol. The van der Waals surface area contributed by atoms with Crippen LogP contribution in [0.15, 0.2) is 35.3 Å². The van der Waals surface area contributed by atoms with Crippen molar-refractivity contribution in [2.45, 2.75) is 26.2 Å². The molecular formula is C14H16INO4. The van der Waals surface area contributed by atoms with Gasteiger partial charge in [0.05, 0.1) is 6.61 Å². The lowest BCUT2D eigenvalue weighted by Gasteiger charge is -2.29. The van der Waals surface area contributed by atoms with Crippen LogP contribution in [0.1, 0.15) is 19.4 Å². The largest absolute Gasteiger partial charge is 0.451 e. The van der Waals surface area contributed by atoms with E-state index >= 15 is 0 Å². The molecule has 0 aromatic heterocycles. The van der Waals surface area contributed by atoms with Gasteiger partial charge in [-0.3, -0.25) is 0 Å². The molecule has 0 saturated heterocycles. The minimum atomic E-state index is -1.65. The molecule has 1 atom stereocenters. The number of esters is 1. The van der Waals surface area contributed by atoms with Crippen LogP contribution in [0, 0.1) is 5.92 Å².